The molecule has 0 atom stereocenters. The predicted octanol–water partition coefficient (Wildman–Crippen LogP) is 0.452. The van der Waals surface area contributed by atoms with Gasteiger partial charge in [0.05, 0.1) is 13.1 Å². The minimum absolute atomic E-state index is 0.0358. The number of carboxylic acid groups (broad SMARTS) is 1. The molecule has 1 amide bonds. The van der Waals surface area contributed by atoms with E-state index in [1.807, 2.05) is 0 Å². The Morgan fingerprint density at radius 2 is 2.06 bits per heavy atom. The Morgan fingerprint density at radius 3 is 2.56 bits per heavy atom. The molecule has 1 saturated carbocycles. The number of carbonyl (C=O) groups is 2. The van der Waals surface area contributed by atoms with Crippen LogP contribution in [0.2, 0.25) is 0 Å². The van der Waals surface area contributed by atoms with E-state index in [0.717, 1.165) is 25.7 Å². The number of unbranched alkanes of at least 4 members (excludes halogenated alkanes) is 1. The summed E-state index contributed by atoms with van der Waals surface area (Å²) in [5.74, 6) is -0.935. The van der Waals surface area contributed by atoms with Gasteiger partial charge in [0.25, 0.3) is 0 Å². The lowest BCUT2D eigenvalue weighted by Gasteiger charge is -2.18. The number of hydrogen-bond donors (Lipinski definition) is 2. The van der Waals surface area contributed by atoms with Crippen molar-refractivity contribution in [1.82, 2.24) is 10.2 Å². The van der Waals surface area contributed by atoms with Crippen molar-refractivity contribution in [3.63, 3.8) is 0 Å². The number of nitrogens with zero attached hydrogens (tertiary/aromatic N) is 1. The zero-order valence-electron chi connectivity index (χ0n) is 9.74. The van der Waals surface area contributed by atoms with Crippen LogP contribution in [0.25, 0.3) is 0 Å². The Hall–Kier alpha value is -1.10. The van der Waals surface area contributed by atoms with Crippen LogP contribution in [-0.4, -0.2) is 47.6 Å². The van der Waals surface area contributed by atoms with Gasteiger partial charge < -0.3 is 10.4 Å². The summed E-state index contributed by atoms with van der Waals surface area (Å²) >= 11 is 0. The number of carboxylic acids is 1. The van der Waals surface area contributed by atoms with Crippen LogP contribution in [0.4, 0.5) is 0 Å². The van der Waals surface area contributed by atoms with Crippen LogP contribution in [0.1, 0.15) is 32.6 Å². The van der Waals surface area contributed by atoms with Crippen molar-refractivity contribution in [2.45, 2.75) is 38.6 Å². The fraction of sp³-hybridized carbons (Fsp3) is 0.818. The van der Waals surface area contributed by atoms with Crippen molar-refractivity contribution in [1.29, 1.82) is 0 Å². The van der Waals surface area contributed by atoms with Gasteiger partial charge >= 0.3 is 5.97 Å². The minimum atomic E-state index is -0.867. The smallest absolute Gasteiger partial charge is 0.317 e. The first kappa shape index (κ1) is 13.0. The van der Waals surface area contributed by atoms with E-state index in [0.29, 0.717) is 12.6 Å². The standard InChI is InChI=1S/C11H20N2O3/c1-2-3-6-12-10(14)7-13(8-11(15)16)9-4-5-9/h9H,2-8H2,1H3,(H,12,14)(H,15,16). The van der Waals surface area contributed by atoms with Crippen molar-refractivity contribution >= 4 is 11.9 Å². The van der Waals surface area contributed by atoms with Crippen LogP contribution in [-0.2, 0) is 9.59 Å². The molecule has 0 saturated heterocycles. The summed E-state index contributed by atoms with van der Waals surface area (Å²) in [5, 5.41) is 11.5. The molecule has 0 aromatic heterocycles. The maximum Gasteiger partial charge on any atom is 0.317 e. The zero-order chi connectivity index (χ0) is 12.0. The normalized spacial score (nSPS) is 15.1. The monoisotopic (exact) mass is 228 g/mol. The van der Waals surface area contributed by atoms with Gasteiger partial charge in [-0.05, 0) is 19.3 Å². The molecule has 1 rings (SSSR count). The van der Waals surface area contributed by atoms with Crippen molar-refractivity contribution in [3.05, 3.63) is 0 Å². The fourth-order valence-corrected chi connectivity index (χ4v) is 1.57. The summed E-state index contributed by atoms with van der Waals surface area (Å²) in [6.45, 7) is 2.92. The van der Waals surface area contributed by atoms with Gasteiger partial charge in [0, 0.05) is 12.6 Å². The lowest BCUT2D eigenvalue weighted by atomic mass is 10.3. The lowest BCUT2D eigenvalue weighted by Crippen LogP contribution is -2.41. The maximum absolute atomic E-state index is 11.5. The van der Waals surface area contributed by atoms with Crippen molar-refractivity contribution in [2.75, 3.05) is 19.6 Å². The quantitative estimate of drug-likeness (QED) is 0.592. The molecular weight excluding hydrogens is 208 g/mol. The summed E-state index contributed by atoms with van der Waals surface area (Å²) < 4.78 is 0. The first-order valence-electron chi connectivity index (χ1n) is 5.86. The van der Waals surface area contributed by atoms with Gasteiger partial charge in [-0.15, -0.1) is 0 Å². The second-order valence-corrected chi connectivity index (χ2v) is 4.23. The van der Waals surface area contributed by atoms with Crippen molar-refractivity contribution in [2.24, 2.45) is 0 Å². The number of amides is 1. The molecule has 0 radical (unpaired) electrons. The molecule has 0 aromatic carbocycles. The molecule has 0 bridgehead atoms. The summed E-state index contributed by atoms with van der Waals surface area (Å²) in [4.78, 5) is 23.8. The third kappa shape index (κ3) is 5.11. The number of aliphatic carboxylic acids is 1. The highest BCUT2D eigenvalue weighted by molar-refractivity contribution is 5.79. The molecule has 0 heterocycles. The molecule has 5 nitrogen and oxygen atoms in total. The number of rotatable bonds is 8. The predicted molar refractivity (Wildman–Crippen MR) is 60.1 cm³/mol. The molecule has 1 aliphatic carbocycles. The van der Waals surface area contributed by atoms with E-state index >= 15 is 0 Å². The SMILES string of the molecule is CCCCNC(=O)CN(CC(=O)O)C1CC1. The van der Waals surface area contributed by atoms with Gasteiger partial charge in [-0.2, -0.15) is 0 Å². The van der Waals surface area contributed by atoms with Crippen molar-refractivity contribution in [3.8, 4) is 0 Å². The topological polar surface area (TPSA) is 69.6 Å². The fourth-order valence-electron chi connectivity index (χ4n) is 1.57. The van der Waals surface area contributed by atoms with Gasteiger partial charge in [0.1, 0.15) is 0 Å². The molecule has 0 aliphatic heterocycles. The largest absolute Gasteiger partial charge is 0.480 e. The highest BCUT2D eigenvalue weighted by atomic mass is 16.4. The Labute approximate surface area is 95.8 Å². The first-order valence-corrected chi connectivity index (χ1v) is 5.86. The Kier molecular flexibility index (Phi) is 5.25. The molecule has 1 fully saturated rings. The molecule has 2 N–H and O–H groups in total. The van der Waals surface area contributed by atoms with Crippen LogP contribution in [0.5, 0.6) is 0 Å². The van der Waals surface area contributed by atoms with Crippen LogP contribution < -0.4 is 5.32 Å². The molecule has 0 unspecified atom stereocenters. The van der Waals surface area contributed by atoms with Crippen LogP contribution >= 0.6 is 0 Å². The first-order chi connectivity index (χ1) is 7.63. The average Bonchev–Trinajstić information content (AvgIpc) is 2.99. The summed E-state index contributed by atoms with van der Waals surface area (Å²) in [6, 6.07) is 0.299. The second kappa shape index (κ2) is 6.48. The Bertz CT molecular complexity index is 252. The number of nitrogens with one attached hydrogen (secondary N) is 1. The summed E-state index contributed by atoms with van der Waals surface area (Å²) in [6.07, 6.45) is 4.03. The third-order valence-corrected chi connectivity index (χ3v) is 2.60. The van der Waals surface area contributed by atoms with E-state index in [1.54, 1.807) is 4.90 Å². The van der Waals surface area contributed by atoms with Gasteiger partial charge in [0.15, 0.2) is 0 Å². The van der Waals surface area contributed by atoms with Crippen LogP contribution in [0.3, 0.4) is 0 Å². The lowest BCUT2D eigenvalue weighted by molar-refractivity contribution is -0.138. The summed E-state index contributed by atoms with van der Waals surface area (Å²) in [5.41, 5.74) is 0. The third-order valence-electron chi connectivity index (χ3n) is 2.60. The van der Waals surface area contributed by atoms with E-state index < -0.39 is 5.97 Å². The molecule has 0 spiro atoms. The van der Waals surface area contributed by atoms with E-state index in [2.05, 4.69) is 12.2 Å². The molecule has 92 valence electrons. The van der Waals surface area contributed by atoms with E-state index in [9.17, 15) is 9.59 Å². The zero-order valence-corrected chi connectivity index (χ0v) is 9.74. The molecule has 1 aliphatic rings. The summed E-state index contributed by atoms with van der Waals surface area (Å²) in [7, 11) is 0. The Balaban J connectivity index is 2.24. The highest BCUT2D eigenvalue weighted by Crippen LogP contribution is 2.26. The average molecular weight is 228 g/mol. The van der Waals surface area contributed by atoms with Gasteiger partial charge in [-0.25, -0.2) is 0 Å². The molecular formula is C11H20N2O3. The molecule has 5 heteroatoms. The van der Waals surface area contributed by atoms with E-state index in [-0.39, 0.29) is 19.0 Å². The van der Waals surface area contributed by atoms with Crippen LogP contribution in [0, 0.1) is 0 Å². The van der Waals surface area contributed by atoms with Crippen molar-refractivity contribution < 1.29 is 14.7 Å². The Morgan fingerprint density at radius 1 is 1.38 bits per heavy atom. The van der Waals surface area contributed by atoms with Crippen LogP contribution in [0.15, 0.2) is 0 Å². The van der Waals surface area contributed by atoms with E-state index in [4.69, 9.17) is 5.11 Å². The molecule has 0 aromatic rings. The second-order valence-electron chi connectivity index (χ2n) is 4.23. The molecule has 16 heavy (non-hydrogen) atoms. The highest BCUT2D eigenvalue weighted by Gasteiger charge is 2.31. The minimum Gasteiger partial charge on any atom is -0.480 e. The van der Waals surface area contributed by atoms with Gasteiger partial charge in [-0.3, -0.25) is 14.5 Å². The maximum atomic E-state index is 11.5. The van der Waals surface area contributed by atoms with E-state index in [1.165, 1.54) is 0 Å². The number of carbonyl (C=O) groups excluding carboxylic acids is 1. The van der Waals surface area contributed by atoms with Gasteiger partial charge in [-0.1, -0.05) is 13.3 Å². The van der Waals surface area contributed by atoms with Gasteiger partial charge in [0.2, 0.25) is 5.91 Å². The number of hydrogen-bond acceptors (Lipinski definition) is 3.